The largest absolute Gasteiger partial charge is 0.377 e. The molecule has 5 aromatic carbocycles. The molecule has 6 rings (SSSR count). The van der Waals surface area contributed by atoms with Crippen LogP contribution in [-0.4, -0.2) is 33.3 Å². The molecule has 0 unspecified atom stereocenters. The van der Waals surface area contributed by atoms with Crippen molar-refractivity contribution in [1.29, 1.82) is 0 Å². The van der Waals surface area contributed by atoms with Crippen molar-refractivity contribution in [3.63, 3.8) is 0 Å². The van der Waals surface area contributed by atoms with Gasteiger partial charge < -0.3 is 14.9 Å². The number of rotatable bonds is 5. The number of hydrogen-bond donors (Lipinski definition) is 1. The van der Waals surface area contributed by atoms with Crippen LogP contribution in [0.3, 0.4) is 0 Å². The second-order valence-electron chi connectivity index (χ2n) is 12.5. The van der Waals surface area contributed by atoms with E-state index in [1.807, 2.05) is 30.3 Å². The highest BCUT2D eigenvalue weighted by molar-refractivity contribution is 9.10. The van der Waals surface area contributed by atoms with Crippen LogP contribution in [0, 0.1) is 12.3 Å². The molecule has 0 aliphatic heterocycles. The van der Waals surface area contributed by atoms with Crippen LogP contribution in [0.25, 0.3) is 22.3 Å². The quantitative estimate of drug-likeness (QED) is 0.194. The highest BCUT2D eigenvalue weighted by atomic mass is 79.9. The molecule has 3 nitrogen and oxygen atoms in total. The SMILES string of the molecule is C#Cc1ccc(Br)cc1C1(O)c2cc(-c3ccccc3)c(N(C)C)cc2C(C)(C)c2cc(N(C)C)c(-c3ccccc3)cc21. The van der Waals surface area contributed by atoms with E-state index >= 15 is 0 Å². The van der Waals surface area contributed by atoms with Gasteiger partial charge in [-0.05, 0) is 75.8 Å². The van der Waals surface area contributed by atoms with E-state index in [0.717, 1.165) is 60.4 Å². The second-order valence-corrected chi connectivity index (χ2v) is 13.4. The molecule has 1 N–H and O–H groups in total. The van der Waals surface area contributed by atoms with Gasteiger partial charge in [-0.1, -0.05) is 96.4 Å². The molecule has 0 aromatic heterocycles. The number of anilines is 2. The van der Waals surface area contributed by atoms with Crippen molar-refractivity contribution in [2.45, 2.75) is 24.9 Å². The summed E-state index contributed by atoms with van der Waals surface area (Å²) in [5.74, 6) is 2.88. The van der Waals surface area contributed by atoms with Crippen LogP contribution >= 0.6 is 15.9 Å². The Balaban J connectivity index is 1.81. The van der Waals surface area contributed by atoms with Gasteiger partial charge in [-0.25, -0.2) is 0 Å². The standard InChI is InChI=1S/C40H37BrN2O/c1-8-26-19-20-29(41)21-32(26)40(44)35-22-30(27-15-11-9-12-16-27)37(42(4)5)24-33(35)39(2,3)34-25-38(43(6)7)31(23-36(34)40)28-17-13-10-14-18-28/h1,9-25,44H,2-7H3. The Hall–Kier alpha value is -4.30. The molecule has 5 aromatic rings. The summed E-state index contributed by atoms with van der Waals surface area (Å²) in [7, 11) is 8.30. The zero-order valence-electron chi connectivity index (χ0n) is 26.1. The first-order valence-corrected chi connectivity index (χ1v) is 15.6. The van der Waals surface area contributed by atoms with Gasteiger partial charge in [0.15, 0.2) is 0 Å². The van der Waals surface area contributed by atoms with Gasteiger partial charge in [0, 0.05) is 71.7 Å². The van der Waals surface area contributed by atoms with Gasteiger partial charge >= 0.3 is 0 Å². The van der Waals surface area contributed by atoms with Gasteiger partial charge in [0.1, 0.15) is 5.60 Å². The van der Waals surface area contributed by atoms with Crippen LogP contribution in [0.4, 0.5) is 11.4 Å². The molecule has 0 fully saturated rings. The third kappa shape index (κ3) is 4.63. The highest BCUT2D eigenvalue weighted by Crippen LogP contribution is 2.56. The molecule has 0 amide bonds. The second kappa shape index (κ2) is 11.0. The normalized spacial score (nSPS) is 14.2. The summed E-state index contributed by atoms with van der Waals surface area (Å²) >= 11 is 3.69. The maximum Gasteiger partial charge on any atom is 0.142 e. The minimum atomic E-state index is -1.53. The van der Waals surface area contributed by atoms with E-state index in [-0.39, 0.29) is 0 Å². The highest BCUT2D eigenvalue weighted by Gasteiger charge is 2.49. The average Bonchev–Trinajstić information content (AvgIpc) is 3.03. The number of terminal acetylenes is 1. The molecule has 0 radical (unpaired) electrons. The van der Waals surface area contributed by atoms with Gasteiger partial charge in [0.25, 0.3) is 0 Å². The fourth-order valence-corrected chi connectivity index (χ4v) is 7.13. The zero-order chi connectivity index (χ0) is 31.4. The van der Waals surface area contributed by atoms with Gasteiger partial charge in [0.05, 0.1) is 0 Å². The van der Waals surface area contributed by atoms with Crippen LogP contribution in [0.5, 0.6) is 0 Å². The minimum absolute atomic E-state index is 0.431. The lowest BCUT2D eigenvalue weighted by molar-refractivity contribution is 0.117. The van der Waals surface area contributed by atoms with E-state index in [1.54, 1.807) is 0 Å². The molecule has 1 aliphatic carbocycles. The zero-order valence-corrected chi connectivity index (χ0v) is 27.7. The molecule has 0 bridgehead atoms. The van der Waals surface area contributed by atoms with Crippen LogP contribution in [0.1, 0.15) is 47.2 Å². The number of halogens is 1. The van der Waals surface area contributed by atoms with Crippen molar-refractivity contribution in [1.82, 2.24) is 0 Å². The first-order valence-electron chi connectivity index (χ1n) is 14.8. The number of fused-ring (bicyclic) bond motifs is 2. The molecule has 0 saturated heterocycles. The van der Waals surface area contributed by atoms with E-state index in [9.17, 15) is 5.11 Å². The Kier molecular flexibility index (Phi) is 7.44. The lowest BCUT2D eigenvalue weighted by atomic mass is 9.60. The predicted molar refractivity (Wildman–Crippen MR) is 189 cm³/mol. The summed E-state index contributed by atoms with van der Waals surface area (Å²) in [5.41, 5.74) is 9.65. The lowest BCUT2D eigenvalue weighted by Crippen LogP contribution is -2.42. The topological polar surface area (TPSA) is 26.7 Å². The van der Waals surface area contributed by atoms with Crippen LogP contribution in [-0.2, 0) is 11.0 Å². The number of nitrogens with zero attached hydrogens (tertiary/aromatic N) is 2. The lowest BCUT2D eigenvalue weighted by Gasteiger charge is -2.46. The Morgan fingerprint density at radius 3 is 1.48 bits per heavy atom. The Labute approximate surface area is 269 Å². The molecule has 0 atom stereocenters. The summed E-state index contributed by atoms with van der Waals surface area (Å²) in [6.45, 7) is 4.52. The van der Waals surface area contributed by atoms with Crippen LogP contribution in [0.2, 0.25) is 0 Å². The summed E-state index contributed by atoms with van der Waals surface area (Å²) in [5, 5.41) is 13.6. The van der Waals surface area contributed by atoms with Crippen LogP contribution in [0.15, 0.2) is 108 Å². The Bertz CT molecular complexity index is 1810. The van der Waals surface area contributed by atoms with E-state index in [1.165, 1.54) is 0 Å². The number of aliphatic hydroxyl groups is 1. The summed E-state index contributed by atoms with van der Waals surface area (Å²) in [6, 6.07) is 35.5. The van der Waals surface area contributed by atoms with Crippen molar-refractivity contribution < 1.29 is 5.11 Å². The molecular formula is C40H37BrN2O. The Morgan fingerprint density at radius 2 is 1.07 bits per heavy atom. The number of benzene rings is 5. The molecule has 1 aliphatic rings. The number of hydrogen-bond acceptors (Lipinski definition) is 3. The van der Waals surface area contributed by atoms with E-state index in [0.29, 0.717) is 11.1 Å². The van der Waals surface area contributed by atoms with Crippen molar-refractivity contribution in [3.05, 3.63) is 141 Å². The fourth-order valence-electron chi connectivity index (χ4n) is 6.77. The monoisotopic (exact) mass is 640 g/mol. The minimum Gasteiger partial charge on any atom is -0.377 e. The molecule has 0 spiro atoms. The molecular weight excluding hydrogens is 604 g/mol. The van der Waals surface area contributed by atoms with E-state index in [2.05, 4.69) is 146 Å². The third-order valence-electron chi connectivity index (χ3n) is 9.06. The van der Waals surface area contributed by atoms with Gasteiger partial charge in [-0.3, -0.25) is 0 Å². The average molecular weight is 642 g/mol. The van der Waals surface area contributed by atoms with Gasteiger partial charge in [0.2, 0.25) is 0 Å². The fraction of sp³-hybridized carbons (Fsp3) is 0.200. The van der Waals surface area contributed by atoms with Crippen LogP contribution < -0.4 is 9.80 Å². The first kappa shape index (κ1) is 29.8. The predicted octanol–water partition coefficient (Wildman–Crippen LogP) is 8.82. The van der Waals surface area contributed by atoms with Gasteiger partial charge in [-0.15, -0.1) is 6.42 Å². The first-order chi connectivity index (χ1) is 21.0. The molecule has 0 heterocycles. The van der Waals surface area contributed by atoms with Crippen molar-refractivity contribution in [2.24, 2.45) is 0 Å². The summed E-state index contributed by atoms with van der Waals surface area (Å²) in [4.78, 5) is 4.31. The van der Waals surface area contributed by atoms with Crippen molar-refractivity contribution >= 4 is 27.3 Å². The summed E-state index contributed by atoms with van der Waals surface area (Å²) in [6.07, 6.45) is 6.14. The van der Waals surface area contributed by atoms with Gasteiger partial charge in [-0.2, -0.15) is 0 Å². The summed E-state index contributed by atoms with van der Waals surface area (Å²) < 4.78 is 0.856. The molecule has 44 heavy (non-hydrogen) atoms. The third-order valence-corrected chi connectivity index (χ3v) is 9.55. The molecule has 220 valence electrons. The smallest absolute Gasteiger partial charge is 0.142 e. The van der Waals surface area contributed by atoms with E-state index in [4.69, 9.17) is 6.42 Å². The van der Waals surface area contributed by atoms with Crippen molar-refractivity contribution in [2.75, 3.05) is 38.0 Å². The Morgan fingerprint density at radius 1 is 0.614 bits per heavy atom. The maximum atomic E-state index is 13.6. The maximum absolute atomic E-state index is 13.6. The molecule has 0 saturated carbocycles. The van der Waals surface area contributed by atoms with E-state index < -0.39 is 11.0 Å². The molecule has 4 heteroatoms. The van der Waals surface area contributed by atoms with Crippen molar-refractivity contribution in [3.8, 4) is 34.6 Å².